The largest absolute Gasteiger partial charge is 0.356 e. The predicted molar refractivity (Wildman–Crippen MR) is 63.9 cm³/mol. The van der Waals surface area contributed by atoms with Crippen LogP contribution in [0.15, 0.2) is 0 Å². The first-order chi connectivity index (χ1) is 6.95. The minimum atomic E-state index is 0.127. The SMILES string of the molecule is CNCCNCCC(=O)NCC(C)(C)C. The van der Waals surface area contributed by atoms with E-state index < -0.39 is 0 Å². The van der Waals surface area contributed by atoms with Crippen LogP contribution in [0.1, 0.15) is 27.2 Å². The summed E-state index contributed by atoms with van der Waals surface area (Å²) in [6.07, 6.45) is 0.555. The highest BCUT2D eigenvalue weighted by Gasteiger charge is 2.11. The molecule has 0 heterocycles. The smallest absolute Gasteiger partial charge is 0.221 e. The molecule has 0 saturated heterocycles. The first kappa shape index (κ1) is 14.4. The van der Waals surface area contributed by atoms with Crippen LogP contribution < -0.4 is 16.0 Å². The summed E-state index contributed by atoms with van der Waals surface area (Å²) in [6, 6.07) is 0. The third-order valence-electron chi connectivity index (χ3n) is 1.90. The fourth-order valence-corrected chi connectivity index (χ4v) is 0.992. The Kier molecular flexibility index (Phi) is 7.34. The van der Waals surface area contributed by atoms with Gasteiger partial charge in [-0.1, -0.05) is 20.8 Å². The Hall–Kier alpha value is -0.610. The first-order valence-corrected chi connectivity index (χ1v) is 5.58. The molecular weight excluding hydrogens is 190 g/mol. The Morgan fingerprint density at radius 3 is 2.33 bits per heavy atom. The van der Waals surface area contributed by atoms with Crippen molar-refractivity contribution in [3.63, 3.8) is 0 Å². The van der Waals surface area contributed by atoms with Gasteiger partial charge in [0.2, 0.25) is 5.91 Å². The standard InChI is InChI=1S/C11H25N3O/c1-11(2,3)9-14-10(15)5-6-13-8-7-12-4/h12-13H,5-9H2,1-4H3,(H,14,15). The van der Waals surface area contributed by atoms with Gasteiger partial charge in [-0.25, -0.2) is 0 Å². The van der Waals surface area contributed by atoms with Gasteiger partial charge in [0.05, 0.1) is 0 Å². The fourth-order valence-electron chi connectivity index (χ4n) is 0.992. The fraction of sp³-hybridized carbons (Fsp3) is 0.909. The highest BCUT2D eigenvalue weighted by atomic mass is 16.1. The van der Waals surface area contributed by atoms with Gasteiger partial charge in [-0.2, -0.15) is 0 Å². The highest BCUT2D eigenvalue weighted by Crippen LogP contribution is 2.09. The molecule has 0 radical (unpaired) electrons. The van der Waals surface area contributed by atoms with E-state index in [1.165, 1.54) is 0 Å². The van der Waals surface area contributed by atoms with Gasteiger partial charge in [-0.05, 0) is 12.5 Å². The zero-order chi connectivity index (χ0) is 11.7. The third-order valence-corrected chi connectivity index (χ3v) is 1.90. The van der Waals surface area contributed by atoms with Crippen molar-refractivity contribution in [2.45, 2.75) is 27.2 Å². The number of carbonyl (C=O) groups is 1. The Morgan fingerprint density at radius 2 is 1.80 bits per heavy atom. The average Bonchev–Trinajstić information content (AvgIpc) is 2.13. The van der Waals surface area contributed by atoms with Crippen molar-refractivity contribution in [3.8, 4) is 0 Å². The van der Waals surface area contributed by atoms with Crippen LogP contribution in [0.4, 0.5) is 0 Å². The molecule has 0 bridgehead atoms. The van der Waals surface area contributed by atoms with Gasteiger partial charge in [0.1, 0.15) is 0 Å². The van der Waals surface area contributed by atoms with E-state index in [-0.39, 0.29) is 11.3 Å². The van der Waals surface area contributed by atoms with Crippen molar-refractivity contribution < 1.29 is 4.79 Å². The summed E-state index contributed by atoms with van der Waals surface area (Å²) in [5.41, 5.74) is 0.162. The molecule has 3 N–H and O–H groups in total. The predicted octanol–water partition coefficient (Wildman–Crippen LogP) is 0.348. The molecule has 0 unspecified atom stereocenters. The van der Waals surface area contributed by atoms with Crippen LogP contribution in [0.3, 0.4) is 0 Å². The third kappa shape index (κ3) is 11.3. The number of likely N-dealkylation sites (N-methyl/N-ethyl adjacent to an activating group) is 1. The second kappa shape index (κ2) is 7.65. The summed E-state index contributed by atoms with van der Waals surface area (Å²) >= 11 is 0. The molecule has 0 aliphatic carbocycles. The Labute approximate surface area is 93.2 Å². The van der Waals surface area contributed by atoms with Crippen LogP contribution in [-0.2, 0) is 4.79 Å². The molecular formula is C11H25N3O. The molecule has 0 aliphatic rings. The van der Waals surface area contributed by atoms with Gasteiger partial charge >= 0.3 is 0 Å². The van der Waals surface area contributed by atoms with E-state index in [1.54, 1.807) is 0 Å². The molecule has 0 aromatic rings. The summed E-state index contributed by atoms with van der Waals surface area (Å²) in [7, 11) is 1.91. The maximum Gasteiger partial charge on any atom is 0.221 e. The van der Waals surface area contributed by atoms with Gasteiger partial charge < -0.3 is 16.0 Å². The molecule has 0 rings (SSSR count). The van der Waals surface area contributed by atoms with E-state index in [9.17, 15) is 4.79 Å². The van der Waals surface area contributed by atoms with Crippen molar-refractivity contribution in [3.05, 3.63) is 0 Å². The van der Waals surface area contributed by atoms with E-state index in [4.69, 9.17) is 0 Å². The van der Waals surface area contributed by atoms with Crippen molar-refractivity contribution in [2.75, 3.05) is 33.2 Å². The zero-order valence-corrected chi connectivity index (χ0v) is 10.4. The molecule has 0 aliphatic heterocycles. The molecule has 0 aromatic heterocycles. The molecule has 4 nitrogen and oxygen atoms in total. The minimum Gasteiger partial charge on any atom is -0.356 e. The number of nitrogens with one attached hydrogen (secondary N) is 3. The van der Waals surface area contributed by atoms with E-state index in [0.29, 0.717) is 6.42 Å². The van der Waals surface area contributed by atoms with Gasteiger partial charge in [0, 0.05) is 32.6 Å². The zero-order valence-electron chi connectivity index (χ0n) is 10.4. The van der Waals surface area contributed by atoms with Gasteiger partial charge in [-0.15, -0.1) is 0 Å². The van der Waals surface area contributed by atoms with Crippen LogP contribution in [0.2, 0.25) is 0 Å². The molecule has 0 spiro atoms. The number of hydrogen-bond acceptors (Lipinski definition) is 3. The minimum absolute atomic E-state index is 0.127. The summed E-state index contributed by atoms with van der Waals surface area (Å²) < 4.78 is 0. The van der Waals surface area contributed by atoms with Crippen LogP contribution in [0, 0.1) is 5.41 Å². The van der Waals surface area contributed by atoms with Gasteiger partial charge in [0.15, 0.2) is 0 Å². The quantitative estimate of drug-likeness (QED) is 0.537. The number of rotatable bonds is 7. The van der Waals surface area contributed by atoms with Crippen molar-refractivity contribution in [1.82, 2.24) is 16.0 Å². The van der Waals surface area contributed by atoms with Crippen molar-refractivity contribution in [1.29, 1.82) is 0 Å². The molecule has 4 heteroatoms. The Bertz CT molecular complexity index is 175. The molecule has 90 valence electrons. The number of carbonyl (C=O) groups excluding carboxylic acids is 1. The first-order valence-electron chi connectivity index (χ1n) is 5.58. The normalized spacial score (nSPS) is 11.5. The lowest BCUT2D eigenvalue weighted by atomic mass is 9.97. The summed E-state index contributed by atoms with van der Waals surface area (Å²) in [4.78, 5) is 11.4. The van der Waals surface area contributed by atoms with Crippen molar-refractivity contribution >= 4 is 5.91 Å². The van der Waals surface area contributed by atoms with E-state index >= 15 is 0 Å². The monoisotopic (exact) mass is 215 g/mol. The summed E-state index contributed by atoms with van der Waals surface area (Å²) in [6.45, 7) is 9.65. The molecule has 15 heavy (non-hydrogen) atoms. The topological polar surface area (TPSA) is 53.2 Å². The Morgan fingerprint density at radius 1 is 1.13 bits per heavy atom. The van der Waals surface area contributed by atoms with E-state index in [2.05, 4.69) is 36.7 Å². The summed E-state index contributed by atoms with van der Waals surface area (Å²) in [5, 5.41) is 9.15. The maximum absolute atomic E-state index is 11.4. The lowest BCUT2D eigenvalue weighted by Gasteiger charge is -2.18. The van der Waals surface area contributed by atoms with Crippen molar-refractivity contribution in [2.24, 2.45) is 5.41 Å². The van der Waals surface area contributed by atoms with Gasteiger partial charge in [0.25, 0.3) is 0 Å². The van der Waals surface area contributed by atoms with Gasteiger partial charge in [-0.3, -0.25) is 4.79 Å². The average molecular weight is 215 g/mol. The number of amides is 1. The maximum atomic E-state index is 11.4. The van der Waals surface area contributed by atoms with Crippen LogP contribution in [0.5, 0.6) is 0 Å². The van der Waals surface area contributed by atoms with Crippen LogP contribution >= 0.6 is 0 Å². The van der Waals surface area contributed by atoms with Crippen LogP contribution in [-0.4, -0.2) is 39.1 Å². The molecule has 0 aromatic carbocycles. The lowest BCUT2D eigenvalue weighted by molar-refractivity contribution is -0.121. The van der Waals surface area contributed by atoms with E-state index in [1.807, 2.05) is 7.05 Å². The molecule has 0 fully saturated rings. The van der Waals surface area contributed by atoms with E-state index in [0.717, 1.165) is 26.2 Å². The lowest BCUT2D eigenvalue weighted by Crippen LogP contribution is -2.34. The summed E-state index contributed by atoms with van der Waals surface area (Å²) in [5.74, 6) is 0.127. The molecule has 0 atom stereocenters. The highest BCUT2D eigenvalue weighted by molar-refractivity contribution is 5.76. The molecule has 1 amide bonds. The van der Waals surface area contributed by atoms with Crippen LogP contribution in [0.25, 0.3) is 0 Å². The Balaban J connectivity index is 3.34. The second-order valence-corrected chi connectivity index (χ2v) is 4.94. The second-order valence-electron chi connectivity index (χ2n) is 4.94. The number of hydrogen-bond donors (Lipinski definition) is 3. The molecule has 0 saturated carbocycles.